The van der Waals surface area contributed by atoms with E-state index in [2.05, 4.69) is 14.7 Å². The van der Waals surface area contributed by atoms with E-state index in [4.69, 9.17) is 0 Å². The highest BCUT2D eigenvalue weighted by Crippen LogP contribution is 2.25. The van der Waals surface area contributed by atoms with Crippen molar-refractivity contribution in [2.45, 2.75) is 26.7 Å². The van der Waals surface area contributed by atoms with Gasteiger partial charge in [0, 0.05) is 11.8 Å². The molecule has 6 heteroatoms. The van der Waals surface area contributed by atoms with E-state index in [1.165, 1.54) is 11.5 Å². The van der Waals surface area contributed by atoms with Gasteiger partial charge >= 0.3 is 0 Å². The van der Waals surface area contributed by atoms with Gasteiger partial charge in [-0.2, -0.15) is 4.37 Å². The molecule has 0 radical (unpaired) electrons. The summed E-state index contributed by atoms with van der Waals surface area (Å²) < 4.78 is 4.20. The fraction of sp³-hybridized carbons (Fsp3) is 0.267. The number of aryl methyl sites for hydroxylation is 1. The van der Waals surface area contributed by atoms with Crippen molar-refractivity contribution in [1.29, 1.82) is 0 Å². The van der Waals surface area contributed by atoms with Gasteiger partial charge < -0.3 is 10.3 Å². The third-order valence-electron chi connectivity index (χ3n) is 3.32. The van der Waals surface area contributed by atoms with Crippen LogP contribution in [0.3, 0.4) is 0 Å². The maximum Gasteiger partial charge on any atom is 0.225 e. The maximum atomic E-state index is 12.7. The summed E-state index contributed by atoms with van der Waals surface area (Å²) in [5, 5.41) is 3.81. The molecule has 3 aromatic rings. The normalized spacial score (nSPS) is 11.1. The van der Waals surface area contributed by atoms with Crippen LogP contribution in [0.5, 0.6) is 0 Å². The number of fused-ring (bicyclic) bond motifs is 2. The molecule has 21 heavy (non-hydrogen) atoms. The summed E-state index contributed by atoms with van der Waals surface area (Å²) in [5.41, 5.74) is 1.71. The third kappa shape index (κ3) is 2.42. The number of amides is 1. The number of hydrogen-bond donors (Lipinski definition) is 2. The second-order valence-electron chi connectivity index (χ2n) is 5.04. The number of aromatic nitrogens is 2. The number of hydrogen-bond acceptors (Lipinski definition) is 4. The molecule has 108 valence electrons. The van der Waals surface area contributed by atoms with Gasteiger partial charge in [0.05, 0.1) is 5.52 Å². The number of aromatic amines is 1. The molecule has 0 atom stereocenters. The molecule has 1 amide bonds. The molecule has 2 aromatic heterocycles. The molecule has 0 aliphatic heterocycles. The van der Waals surface area contributed by atoms with Crippen LogP contribution in [0.25, 0.3) is 21.1 Å². The van der Waals surface area contributed by atoms with E-state index in [0.717, 1.165) is 17.5 Å². The van der Waals surface area contributed by atoms with E-state index in [9.17, 15) is 9.59 Å². The second-order valence-corrected chi connectivity index (χ2v) is 5.81. The maximum absolute atomic E-state index is 12.7. The highest BCUT2D eigenvalue weighted by Gasteiger charge is 2.15. The topological polar surface area (TPSA) is 74.8 Å². The Hall–Kier alpha value is -2.21. The van der Waals surface area contributed by atoms with Crippen LogP contribution in [0.4, 0.5) is 5.82 Å². The number of pyridine rings is 1. The summed E-state index contributed by atoms with van der Waals surface area (Å²) in [6, 6.07) is 5.69. The highest BCUT2D eigenvalue weighted by molar-refractivity contribution is 7.13. The number of rotatable bonds is 3. The molecule has 0 spiro atoms. The van der Waals surface area contributed by atoms with Crippen molar-refractivity contribution in [2.75, 3.05) is 5.32 Å². The SMILES string of the molecule is CCCC(=O)Nc1nsc2[nH]c3ccc(C)cc3c(=O)c12. The summed E-state index contributed by atoms with van der Waals surface area (Å²) in [7, 11) is 0. The molecule has 0 fully saturated rings. The predicted molar refractivity (Wildman–Crippen MR) is 86.0 cm³/mol. The minimum Gasteiger partial charge on any atom is -0.345 e. The lowest BCUT2D eigenvalue weighted by Crippen LogP contribution is -2.13. The molecule has 0 saturated carbocycles. The summed E-state index contributed by atoms with van der Waals surface area (Å²) in [6.07, 6.45) is 1.18. The van der Waals surface area contributed by atoms with Crippen molar-refractivity contribution in [1.82, 2.24) is 9.36 Å². The minimum absolute atomic E-state index is 0.0944. The standard InChI is InChI=1S/C15H15N3O2S/c1-3-4-11(19)17-14-12-13(20)9-7-8(2)5-6-10(9)16-15(12)21-18-14/h5-7H,3-4H2,1-2H3,(H,16,20)(H,17,18,19). The minimum atomic E-state index is -0.117. The first kappa shape index (κ1) is 13.8. The Morgan fingerprint density at radius 1 is 1.43 bits per heavy atom. The van der Waals surface area contributed by atoms with Crippen LogP contribution in [0, 0.1) is 6.92 Å². The lowest BCUT2D eigenvalue weighted by Gasteiger charge is -2.02. The molecule has 0 unspecified atom stereocenters. The van der Waals surface area contributed by atoms with E-state index >= 15 is 0 Å². The van der Waals surface area contributed by atoms with Gasteiger partial charge in [-0.05, 0) is 37.0 Å². The monoisotopic (exact) mass is 301 g/mol. The van der Waals surface area contributed by atoms with E-state index in [0.29, 0.717) is 27.8 Å². The number of anilines is 1. The molecule has 1 aromatic carbocycles. The molecule has 5 nitrogen and oxygen atoms in total. The summed E-state index contributed by atoms with van der Waals surface area (Å²) in [5.74, 6) is 0.242. The lowest BCUT2D eigenvalue weighted by molar-refractivity contribution is -0.116. The molecular weight excluding hydrogens is 286 g/mol. The first-order chi connectivity index (χ1) is 10.1. The Balaban J connectivity index is 2.20. The number of carbonyl (C=O) groups excluding carboxylic acids is 1. The van der Waals surface area contributed by atoms with Crippen molar-refractivity contribution >= 4 is 44.4 Å². The quantitative estimate of drug-likeness (QED) is 0.780. The van der Waals surface area contributed by atoms with Crippen LogP contribution in [0.2, 0.25) is 0 Å². The molecule has 0 aliphatic rings. The fourth-order valence-electron chi connectivity index (χ4n) is 2.30. The number of carbonyl (C=O) groups is 1. The zero-order chi connectivity index (χ0) is 15.0. The van der Waals surface area contributed by atoms with Crippen LogP contribution in [0.15, 0.2) is 23.0 Å². The average Bonchev–Trinajstić information content (AvgIpc) is 2.83. The molecule has 2 N–H and O–H groups in total. The van der Waals surface area contributed by atoms with E-state index in [1.807, 2.05) is 32.0 Å². The molecule has 0 bridgehead atoms. The Bertz CT molecular complexity index is 895. The van der Waals surface area contributed by atoms with Gasteiger partial charge in [0.1, 0.15) is 10.2 Å². The molecular formula is C15H15N3O2S. The Morgan fingerprint density at radius 2 is 2.24 bits per heavy atom. The van der Waals surface area contributed by atoms with E-state index < -0.39 is 0 Å². The molecule has 0 aliphatic carbocycles. The average molecular weight is 301 g/mol. The largest absolute Gasteiger partial charge is 0.345 e. The van der Waals surface area contributed by atoms with Crippen molar-refractivity contribution in [3.63, 3.8) is 0 Å². The van der Waals surface area contributed by atoms with Gasteiger partial charge in [0.25, 0.3) is 0 Å². The van der Waals surface area contributed by atoms with E-state index in [1.54, 1.807) is 0 Å². The number of benzene rings is 1. The van der Waals surface area contributed by atoms with Crippen molar-refractivity contribution in [3.05, 3.63) is 34.0 Å². The van der Waals surface area contributed by atoms with Crippen molar-refractivity contribution in [3.8, 4) is 0 Å². The summed E-state index contributed by atoms with van der Waals surface area (Å²) in [6.45, 7) is 3.88. The van der Waals surface area contributed by atoms with E-state index in [-0.39, 0.29) is 11.3 Å². The number of nitrogens with zero attached hydrogens (tertiary/aromatic N) is 1. The number of nitrogens with one attached hydrogen (secondary N) is 2. The Morgan fingerprint density at radius 3 is 3.00 bits per heavy atom. The summed E-state index contributed by atoms with van der Waals surface area (Å²) in [4.78, 5) is 28.3. The highest BCUT2D eigenvalue weighted by atomic mass is 32.1. The molecule has 3 rings (SSSR count). The first-order valence-corrected chi connectivity index (χ1v) is 7.59. The van der Waals surface area contributed by atoms with Crippen LogP contribution < -0.4 is 10.7 Å². The lowest BCUT2D eigenvalue weighted by atomic mass is 10.1. The first-order valence-electron chi connectivity index (χ1n) is 6.82. The van der Waals surface area contributed by atoms with Crippen LogP contribution >= 0.6 is 11.5 Å². The van der Waals surface area contributed by atoms with Crippen LogP contribution in [-0.4, -0.2) is 15.3 Å². The Labute approximate surface area is 125 Å². The fourth-order valence-corrected chi connectivity index (χ4v) is 3.06. The van der Waals surface area contributed by atoms with Gasteiger partial charge in [-0.15, -0.1) is 0 Å². The Kier molecular flexibility index (Phi) is 3.47. The second kappa shape index (κ2) is 5.29. The van der Waals surface area contributed by atoms with Gasteiger partial charge in [0.15, 0.2) is 5.82 Å². The van der Waals surface area contributed by atoms with Gasteiger partial charge in [-0.25, -0.2) is 0 Å². The van der Waals surface area contributed by atoms with Crippen molar-refractivity contribution in [2.24, 2.45) is 0 Å². The molecule has 2 heterocycles. The zero-order valence-corrected chi connectivity index (χ0v) is 12.6. The smallest absolute Gasteiger partial charge is 0.225 e. The predicted octanol–water partition coefficient (Wildman–Crippen LogP) is 3.18. The van der Waals surface area contributed by atoms with Gasteiger partial charge in [0.2, 0.25) is 11.3 Å². The van der Waals surface area contributed by atoms with Crippen molar-refractivity contribution < 1.29 is 4.79 Å². The number of H-pyrrole nitrogens is 1. The molecule has 0 saturated heterocycles. The third-order valence-corrected chi connectivity index (χ3v) is 4.08. The van der Waals surface area contributed by atoms with Gasteiger partial charge in [-0.1, -0.05) is 18.6 Å². The van der Waals surface area contributed by atoms with Crippen LogP contribution in [-0.2, 0) is 4.79 Å². The summed E-state index contributed by atoms with van der Waals surface area (Å²) >= 11 is 1.19. The van der Waals surface area contributed by atoms with Gasteiger partial charge in [-0.3, -0.25) is 9.59 Å². The zero-order valence-electron chi connectivity index (χ0n) is 11.8. The van der Waals surface area contributed by atoms with Crippen LogP contribution in [0.1, 0.15) is 25.3 Å².